The van der Waals surface area contributed by atoms with Crippen molar-refractivity contribution in [3.05, 3.63) is 27.3 Å². The average Bonchev–Trinajstić information content (AvgIpc) is 2.70. The van der Waals surface area contributed by atoms with Crippen molar-refractivity contribution < 1.29 is 19.2 Å². The van der Waals surface area contributed by atoms with E-state index >= 15 is 0 Å². The van der Waals surface area contributed by atoms with Gasteiger partial charge in [0.05, 0.1) is 12.0 Å². The number of carbonyl (C=O) groups excluding carboxylic acids is 1. The van der Waals surface area contributed by atoms with Crippen molar-refractivity contribution in [3.63, 3.8) is 0 Å². The van der Waals surface area contributed by atoms with Gasteiger partial charge in [-0.15, -0.1) is 0 Å². The first-order valence-corrected chi connectivity index (χ1v) is 6.10. The number of esters is 1. The molecule has 0 fully saturated rings. The number of nitro benzene ring substituents is 1. The van der Waals surface area contributed by atoms with Crippen molar-refractivity contribution in [2.24, 2.45) is 0 Å². The van der Waals surface area contributed by atoms with E-state index in [0.717, 1.165) is 0 Å². The van der Waals surface area contributed by atoms with Gasteiger partial charge >= 0.3 is 5.97 Å². The third-order valence-corrected chi connectivity index (χ3v) is 3.19. The normalized spacial score (nSPS) is 15.2. The predicted octanol–water partition coefficient (Wildman–Crippen LogP) is 2.14. The van der Waals surface area contributed by atoms with E-state index in [9.17, 15) is 14.9 Å². The van der Waals surface area contributed by atoms with Crippen LogP contribution in [0.5, 0.6) is 5.75 Å². The van der Waals surface area contributed by atoms with Crippen LogP contribution in [0.4, 0.5) is 11.4 Å². The molecule has 1 aromatic carbocycles. The van der Waals surface area contributed by atoms with Crippen LogP contribution in [-0.4, -0.2) is 30.7 Å². The topological polar surface area (TPSA) is 90.7 Å². The van der Waals surface area contributed by atoms with Crippen LogP contribution in [-0.2, 0) is 11.2 Å². The molecule has 0 amide bonds. The Morgan fingerprint density at radius 1 is 1.55 bits per heavy atom. The largest absolute Gasteiger partial charge is 0.486 e. The molecule has 2 rings (SSSR count). The van der Waals surface area contributed by atoms with Crippen LogP contribution in [0.25, 0.3) is 0 Å². The number of benzene rings is 1. The van der Waals surface area contributed by atoms with Gasteiger partial charge in [-0.2, -0.15) is 0 Å². The fraction of sp³-hybridized carbons (Fsp3) is 0.462. The molecule has 0 bridgehead atoms. The van der Waals surface area contributed by atoms with Crippen molar-refractivity contribution in [1.29, 1.82) is 0 Å². The number of anilines is 1. The first-order chi connectivity index (χ1) is 9.30. The highest BCUT2D eigenvalue weighted by atomic mass is 16.6. The van der Waals surface area contributed by atoms with Crippen molar-refractivity contribution in [2.45, 2.75) is 25.9 Å². The van der Waals surface area contributed by atoms with Crippen LogP contribution < -0.4 is 10.1 Å². The van der Waals surface area contributed by atoms with Gasteiger partial charge < -0.3 is 14.8 Å². The molecule has 0 atom stereocenters. The Balaban J connectivity index is 2.74. The molecule has 1 heterocycles. The fourth-order valence-corrected chi connectivity index (χ4v) is 2.41. The van der Waals surface area contributed by atoms with Crippen LogP contribution in [0.15, 0.2) is 6.07 Å². The van der Waals surface area contributed by atoms with Gasteiger partial charge in [0.2, 0.25) is 0 Å². The quantitative estimate of drug-likeness (QED) is 0.518. The summed E-state index contributed by atoms with van der Waals surface area (Å²) in [5, 5.41) is 14.0. The molecule has 0 saturated heterocycles. The summed E-state index contributed by atoms with van der Waals surface area (Å²) in [7, 11) is 2.83. The van der Waals surface area contributed by atoms with Crippen LogP contribution >= 0.6 is 0 Å². The summed E-state index contributed by atoms with van der Waals surface area (Å²) in [6, 6.07) is 1.19. The summed E-state index contributed by atoms with van der Waals surface area (Å²) in [6.07, 6.45) is 0.476. The monoisotopic (exact) mass is 280 g/mol. The van der Waals surface area contributed by atoms with Crippen LogP contribution in [0, 0.1) is 10.1 Å². The van der Waals surface area contributed by atoms with E-state index < -0.39 is 16.5 Å². The summed E-state index contributed by atoms with van der Waals surface area (Å²) < 4.78 is 10.4. The standard InChI is InChI=1S/C13H16N2O5/c1-13(2)6-8-10(14-3)9(15(17)18)5-7(11(8)20-13)12(16)19-4/h5,14H,6H2,1-4H3. The lowest BCUT2D eigenvalue weighted by Gasteiger charge is -2.17. The Bertz CT molecular complexity index is 595. The summed E-state index contributed by atoms with van der Waals surface area (Å²) >= 11 is 0. The third-order valence-electron chi connectivity index (χ3n) is 3.19. The second-order valence-electron chi connectivity index (χ2n) is 5.16. The minimum atomic E-state index is -0.648. The van der Waals surface area contributed by atoms with E-state index in [1.54, 1.807) is 7.05 Å². The number of nitrogens with one attached hydrogen (secondary N) is 1. The molecular weight excluding hydrogens is 264 g/mol. The maximum atomic E-state index is 11.8. The Hall–Kier alpha value is -2.31. The zero-order chi connectivity index (χ0) is 15.1. The number of nitrogens with zero attached hydrogens (tertiary/aromatic N) is 1. The molecule has 1 aliphatic heterocycles. The molecule has 20 heavy (non-hydrogen) atoms. The summed E-state index contributed by atoms with van der Waals surface area (Å²) in [5.41, 5.74) is 0.411. The first kappa shape index (κ1) is 14.1. The van der Waals surface area contributed by atoms with E-state index in [1.165, 1.54) is 13.2 Å². The zero-order valence-electron chi connectivity index (χ0n) is 11.8. The molecule has 0 aromatic heterocycles. The summed E-state index contributed by atoms with van der Waals surface area (Å²) in [4.78, 5) is 22.5. The maximum absolute atomic E-state index is 11.8. The van der Waals surface area contributed by atoms with E-state index in [2.05, 4.69) is 10.1 Å². The number of ether oxygens (including phenoxy) is 2. The molecule has 0 unspecified atom stereocenters. The average molecular weight is 280 g/mol. The number of methoxy groups -OCH3 is 1. The second kappa shape index (κ2) is 4.66. The number of rotatable bonds is 3. The molecule has 7 heteroatoms. The fourth-order valence-electron chi connectivity index (χ4n) is 2.41. The SMILES string of the molecule is CNc1c([N+](=O)[O-])cc(C(=O)OC)c2c1CC(C)(C)O2. The Kier molecular flexibility index (Phi) is 3.29. The maximum Gasteiger partial charge on any atom is 0.341 e. The van der Waals surface area contributed by atoms with E-state index in [1.807, 2.05) is 13.8 Å². The number of fused-ring (bicyclic) bond motifs is 1. The highest BCUT2D eigenvalue weighted by molar-refractivity contribution is 5.96. The minimum absolute atomic E-state index is 0.0822. The lowest BCUT2D eigenvalue weighted by Crippen LogP contribution is -2.25. The third kappa shape index (κ3) is 2.15. The van der Waals surface area contributed by atoms with E-state index in [4.69, 9.17) is 4.74 Å². The number of carbonyl (C=O) groups is 1. The lowest BCUT2D eigenvalue weighted by atomic mass is 9.97. The Labute approximate surface area is 116 Å². The highest BCUT2D eigenvalue weighted by Gasteiger charge is 2.39. The van der Waals surface area contributed by atoms with Gasteiger partial charge in [-0.25, -0.2) is 4.79 Å². The summed E-state index contributed by atoms with van der Waals surface area (Å²) in [5.74, 6) is -0.290. The lowest BCUT2D eigenvalue weighted by molar-refractivity contribution is -0.384. The molecule has 1 aliphatic rings. The molecule has 0 aliphatic carbocycles. The smallest absolute Gasteiger partial charge is 0.341 e. The number of nitro groups is 1. The van der Waals surface area contributed by atoms with Crippen LogP contribution in [0.3, 0.4) is 0 Å². The first-order valence-electron chi connectivity index (χ1n) is 6.10. The number of hydrogen-bond donors (Lipinski definition) is 1. The van der Waals surface area contributed by atoms with Crippen molar-refractivity contribution >= 4 is 17.3 Å². The van der Waals surface area contributed by atoms with Gasteiger partial charge in [-0.3, -0.25) is 10.1 Å². The molecule has 0 spiro atoms. The zero-order valence-corrected chi connectivity index (χ0v) is 11.8. The molecule has 0 saturated carbocycles. The van der Waals surface area contributed by atoms with Gasteiger partial charge in [0.1, 0.15) is 22.6 Å². The molecule has 0 radical (unpaired) electrons. The second-order valence-corrected chi connectivity index (χ2v) is 5.16. The van der Waals surface area contributed by atoms with Gasteiger partial charge in [-0.05, 0) is 13.8 Å². The summed E-state index contributed by atoms with van der Waals surface area (Å²) in [6.45, 7) is 3.72. The van der Waals surface area contributed by atoms with Crippen molar-refractivity contribution in [1.82, 2.24) is 0 Å². The minimum Gasteiger partial charge on any atom is -0.486 e. The Morgan fingerprint density at radius 2 is 2.20 bits per heavy atom. The molecule has 108 valence electrons. The molecule has 7 nitrogen and oxygen atoms in total. The van der Waals surface area contributed by atoms with Crippen molar-refractivity contribution in [2.75, 3.05) is 19.5 Å². The van der Waals surface area contributed by atoms with Gasteiger partial charge in [0, 0.05) is 25.1 Å². The van der Waals surface area contributed by atoms with E-state index in [-0.39, 0.29) is 11.3 Å². The van der Waals surface area contributed by atoms with E-state index in [0.29, 0.717) is 23.4 Å². The Morgan fingerprint density at radius 3 is 2.70 bits per heavy atom. The highest BCUT2D eigenvalue weighted by Crippen LogP contribution is 2.46. The molecule has 1 N–H and O–H groups in total. The van der Waals surface area contributed by atoms with Crippen LogP contribution in [0.2, 0.25) is 0 Å². The molecule has 1 aromatic rings. The van der Waals surface area contributed by atoms with Gasteiger partial charge in [0.25, 0.3) is 5.69 Å². The van der Waals surface area contributed by atoms with Gasteiger partial charge in [0.15, 0.2) is 0 Å². The van der Waals surface area contributed by atoms with Crippen LogP contribution in [0.1, 0.15) is 29.8 Å². The predicted molar refractivity (Wildman–Crippen MR) is 72.4 cm³/mol. The van der Waals surface area contributed by atoms with Gasteiger partial charge in [-0.1, -0.05) is 0 Å². The number of hydrogen-bond acceptors (Lipinski definition) is 6. The molecular formula is C13H16N2O5. The van der Waals surface area contributed by atoms with Crippen molar-refractivity contribution in [3.8, 4) is 5.75 Å².